The Morgan fingerprint density at radius 3 is 2.85 bits per heavy atom. The number of ether oxygens (including phenoxy) is 1. The fraction of sp³-hybridized carbons (Fsp3) is 0.389. The molecule has 0 unspecified atom stereocenters. The molecule has 1 aromatic heterocycles. The molecule has 7 nitrogen and oxygen atoms in total. The van der Waals surface area contributed by atoms with Gasteiger partial charge in [-0.3, -0.25) is 9.69 Å². The number of carbonyl (C=O) groups is 1. The zero-order valence-electron chi connectivity index (χ0n) is 14.4. The van der Waals surface area contributed by atoms with E-state index in [0.717, 1.165) is 38.4 Å². The molecule has 2 heterocycles. The Bertz CT molecular complexity index is 737. The molecule has 2 aromatic rings. The van der Waals surface area contributed by atoms with Crippen molar-refractivity contribution in [1.82, 2.24) is 20.2 Å². The average molecular weight is 376 g/mol. The summed E-state index contributed by atoms with van der Waals surface area (Å²) in [7, 11) is 0. The smallest absolute Gasteiger partial charge is 0.270 e. The standard InChI is InChI=1S/C18H22ClN5O2/c19-15-4-2-1-3-14(15)13-22-17(25)16-5-6-20-18(23-16)21-7-8-24-9-11-26-12-10-24/h1-6H,7-13H2,(H,22,25)(H,20,21,23). The summed E-state index contributed by atoms with van der Waals surface area (Å²) in [6.07, 6.45) is 1.58. The number of anilines is 1. The molecular weight excluding hydrogens is 354 g/mol. The molecule has 26 heavy (non-hydrogen) atoms. The predicted octanol–water partition coefficient (Wildman–Crippen LogP) is 1.80. The summed E-state index contributed by atoms with van der Waals surface area (Å²) in [6.45, 7) is 5.37. The van der Waals surface area contributed by atoms with Gasteiger partial charge in [0.15, 0.2) is 0 Å². The maximum atomic E-state index is 12.3. The van der Waals surface area contributed by atoms with Crippen LogP contribution in [0.4, 0.5) is 5.95 Å². The van der Waals surface area contributed by atoms with E-state index in [-0.39, 0.29) is 5.91 Å². The Morgan fingerprint density at radius 2 is 2.04 bits per heavy atom. The van der Waals surface area contributed by atoms with Crippen molar-refractivity contribution >= 4 is 23.5 Å². The SMILES string of the molecule is O=C(NCc1ccccc1Cl)c1ccnc(NCCN2CCOCC2)n1. The largest absolute Gasteiger partial charge is 0.379 e. The van der Waals surface area contributed by atoms with E-state index in [1.54, 1.807) is 18.3 Å². The second-order valence-electron chi connectivity index (χ2n) is 5.92. The van der Waals surface area contributed by atoms with Crippen LogP contribution >= 0.6 is 11.6 Å². The van der Waals surface area contributed by atoms with Gasteiger partial charge in [-0.2, -0.15) is 0 Å². The summed E-state index contributed by atoms with van der Waals surface area (Å²) >= 11 is 6.10. The first-order valence-electron chi connectivity index (χ1n) is 8.61. The van der Waals surface area contributed by atoms with Gasteiger partial charge in [-0.25, -0.2) is 9.97 Å². The molecule has 138 valence electrons. The van der Waals surface area contributed by atoms with Crippen molar-refractivity contribution in [3.05, 3.63) is 52.8 Å². The quantitative estimate of drug-likeness (QED) is 0.768. The number of aromatic nitrogens is 2. The van der Waals surface area contributed by atoms with E-state index in [1.807, 2.05) is 18.2 Å². The first kappa shape index (κ1) is 18.6. The summed E-state index contributed by atoms with van der Waals surface area (Å²) in [5, 5.41) is 6.62. The number of rotatable bonds is 7. The Labute approximate surface area is 157 Å². The average Bonchev–Trinajstić information content (AvgIpc) is 2.68. The number of carbonyl (C=O) groups excluding carboxylic acids is 1. The number of halogens is 1. The second kappa shape index (κ2) is 9.47. The van der Waals surface area contributed by atoms with Gasteiger partial charge in [-0.15, -0.1) is 0 Å². The van der Waals surface area contributed by atoms with Gasteiger partial charge >= 0.3 is 0 Å². The Balaban J connectivity index is 1.49. The van der Waals surface area contributed by atoms with Crippen molar-refractivity contribution in [3.63, 3.8) is 0 Å². The highest BCUT2D eigenvalue weighted by Gasteiger charge is 2.11. The number of amides is 1. The molecule has 1 saturated heterocycles. The number of benzene rings is 1. The highest BCUT2D eigenvalue weighted by Crippen LogP contribution is 2.14. The highest BCUT2D eigenvalue weighted by molar-refractivity contribution is 6.31. The zero-order chi connectivity index (χ0) is 18.2. The molecule has 0 saturated carbocycles. The number of hydrogen-bond donors (Lipinski definition) is 2. The fourth-order valence-corrected chi connectivity index (χ4v) is 2.83. The van der Waals surface area contributed by atoms with Crippen molar-refractivity contribution < 1.29 is 9.53 Å². The van der Waals surface area contributed by atoms with Gasteiger partial charge in [0, 0.05) is 43.9 Å². The summed E-state index contributed by atoms with van der Waals surface area (Å²) in [5.41, 5.74) is 1.18. The highest BCUT2D eigenvalue weighted by atomic mass is 35.5. The molecule has 3 rings (SSSR count). The van der Waals surface area contributed by atoms with E-state index in [4.69, 9.17) is 16.3 Å². The molecule has 0 atom stereocenters. The molecule has 0 spiro atoms. The number of nitrogens with one attached hydrogen (secondary N) is 2. The van der Waals surface area contributed by atoms with Crippen LogP contribution in [-0.4, -0.2) is 60.2 Å². The van der Waals surface area contributed by atoms with Crippen LogP contribution in [0.1, 0.15) is 16.1 Å². The summed E-state index contributed by atoms with van der Waals surface area (Å²) in [5.74, 6) is 0.187. The molecule has 0 radical (unpaired) electrons. The van der Waals surface area contributed by atoms with Gasteiger partial charge < -0.3 is 15.4 Å². The monoisotopic (exact) mass is 375 g/mol. The first-order chi connectivity index (χ1) is 12.7. The third-order valence-corrected chi connectivity index (χ3v) is 4.47. The number of hydrogen-bond acceptors (Lipinski definition) is 6. The van der Waals surface area contributed by atoms with Crippen LogP contribution in [0.15, 0.2) is 36.5 Å². The lowest BCUT2D eigenvalue weighted by molar-refractivity contribution is 0.0398. The van der Waals surface area contributed by atoms with Crippen LogP contribution in [0, 0.1) is 0 Å². The lowest BCUT2D eigenvalue weighted by atomic mass is 10.2. The molecule has 2 N–H and O–H groups in total. The number of morpholine rings is 1. The van der Waals surface area contributed by atoms with E-state index in [9.17, 15) is 4.79 Å². The van der Waals surface area contributed by atoms with Gasteiger partial charge in [-0.05, 0) is 17.7 Å². The first-order valence-corrected chi connectivity index (χ1v) is 8.99. The van der Waals surface area contributed by atoms with Gasteiger partial charge in [-0.1, -0.05) is 29.8 Å². The van der Waals surface area contributed by atoms with E-state index in [0.29, 0.717) is 29.8 Å². The lowest BCUT2D eigenvalue weighted by Crippen LogP contribution is -2.39. The summed E-state index contributed by atoms with van der Waals surface area (Å²) in [4.78, 5) is 23.1. The Hall–Kier alpha value is -2.22. The van der Waals surface area contributed by atoms with Crippen LogP contribution in [-0.2, 0) is 11.3 Å². The minimum atomic E-state index is -0.261. The topological polar surface area (TPSA) is 79.4 Å². The van der Waals surface area contributed by atoms with Crippen molar-refractivity contribution in [3.8, 4) is 0 Å². The molecular formula is C18H22ClN5O2. The second-order valence-corrected chi connectivity index (χ2v) is 6.33. The molecule has 1 aliphatic rings. The van der Waals surface area contributed by atoms with E-state index in [2.05, 4.69) is 25.5 Å². The van der Waals surface area contributed by atoms with E-state index < -0.39 is 0 Å². The molecule has 1 fully saturated rings. The predicted molar refractivity (Wildman–Crippen MR) is 100 cm³/mol. The summed E-state index contributed by atoms with van der Waals surface area (Å²) in [6, 6.07) is 9.00. The molecule has 0 bridgehead atoms. The van der Waals surface area contributed by atoms with E-state index in [1.165, 1.54) is 0 Å². The minimum Gasteiger partial charge on any atom is -0.379 e. The molecule has 0 aliphatic carbocycles. The normalized spacial score (nSPS) is 14.8. The van der Waals surface area contributed by atoms with E-state index >= 15 is 0 Å². The Kier molecular flexibility index (Phi) is 6.76. The molecule has 1 aliphatic heterocycles. The van der Waals surface area contributed by atoms with Crippen LogP contribution in [0.5, 0.6) is 0 Å². The van der Waals surface area contributed by atoms with Gasteiger partial charge in [0.2, 0.25) is 5.95 Å². The van der Waals surface area contributed by atoms with Gasteiger partial charge in [0.05, 0.1) is 13.2 Å². The van der Waals surface area contributed by atoms with Crippen LogP contribution < -0.4 is 10.6 Å². The van der Waals surface area contributed by atoms with Crippen LogP contribution in [0.2, 0.25) is 5.02 Å². The van der Waals surface area contributed by atoms with Gasteiger partial charge in [0.25, 0.3) is 5.91 Å². The van der Waals surface area contributed by atoms with Crippen molar-refractivity contribution in [2.24, 2.45) is 0 Å². The van der Waals surface area contributed by atoms with Crippen LogP contribution in [0.3, 0.4) is 0 Å². The maximum absolute atomic E-state index is 12.3. The van der Waals surface area contributed by atoms with Crippen LogP contribution in [0.25, 0.3) is 0 Å². The third kappa shape index (κ3) is 5.39. The minimum absolute atomic E-state index is 0.261. The van der Waals surface area contributed by atoms with Crippen molar-refractivity contribution in [2.75, 3.05) is 44.7 Å². The molecule has 1 aromatic carbocycles. The van der Waals surface area contributed by atoms with Gasteiger partial charge in [0.1, 0.15) is 5.69 Å². The zero-order valence-corrected chi connectivity index (χ0v) is 15.2. The molecule has 1 amide bonds. The molecule has 8 heteroatoms. The lowest BCUT2D eigenvalue weighted by Gasteiger charge is -2.26. The summed E-state index contributed by atoms with van der Waals surface area (Å²) < 4.78 is 5.33. The third-order valence-electron chi connectivity index (χ3n) is 4.10. The Morgan fingerprint density at radius 1 is 1.23 bits per heavy atom. The fourth-order valence-electron chi connectivity index (χ4n) is 2.63. The maximum Gasteiger partial charge on any atom is 0.270 e. The van der Waals surface area contributed by atoms with Crippen molar-refractivity contribution in [2.45, 2.75) is 6.54 Å². The number of nitrogens with zero attached hydrogens (tertiary/aromatic N) is 3. The van der Waals surface area contributed by atoms with Crippen molar-refractivity contribution in [1.29, 1.82) is 0 Å².